The molecule has 4 heterocycles. The largest absolute Gasteiger partial charge is 0.308 e. The number of benzene rings is 4. The van der Waals surface area contributed by atoms with Crippen LogP contribution in [-0.2, 0) is 5.41 Å². The molecule has 0 aliphatic carbocycles. The Morgan fingerprint density at radius 1 is 0.511 bits per heavy atom. The summed E-state index contributed by atoms with van der Waals surface area (Å²) in [5.74, 6) is 0. The molecule has 0 saturated carbocycles. The van der Waals surface area contributed by atoms with Gasteiger partial charge in [0.25, 0.3) is 0 Å². The van der Waals surface area contributed by atoms with Gasteiger partial charge in [0.05, 0.1) is 27.9 Å². The predicted octanol–water partition coefficient (Wildman–Crippen LogP) is 10.4. The first-order valence-corrected chi connectivity index (χ1v) is 15.3. The molecule has 0 amide bonds. The highest BCUT2D eigenvalue weighted by Gasteiger charge is 2.19. The standard InChI is InChI=1S/C41H32N4/c1-41(2,3)33-22-32(23-34(24-33)45-38-12-7-6-11-35(38)40-39(45)13-8-20-42-40)31-17-19-37(44-26-31)36-18-16-30(25-43-36)29-15-14-27-9-4-5-10-28(27)21-29/h4-26H,1-3H3. The van der Waals surface area contributed by atoms with Gasteiger partial charge in [-0.05, 0) is 81.4 Å². The van der Waals surface area contributed by atoms with Crippen molar-refractivity contribution in [3.63, 3.8) is 0 Å². The van der Waals surface area contributed by atoms with Gasteiger partial charge in [0.1, 0.15) is 0 Å². The van der Waals surface area contributed by atoms with Crippen LogP contribution in [0.1, 0.15) is 26.3 Å². The molecule has 0 N–H and O–H groups in total. The number of hydrogen-bond acceptors (Lipinski definition) is 3. The van der Waals surface area contributed by atoms with E-state index < -0.39 is 0 Å². The van der Waals surface area contributed by atoms with Crippen molar-refractivity contribution in [1.82, 2.24) is 19.5 Å². The van der Waals surface area contributed by atoms with Crippen LogP contribution >= 0.6 is 0 Å². The molecule has 4 nitrogen and oxygen atoms in total. The first-order chi connectivity index (χ1) is 21.9. The lowest BCUT2D eigenvalue weighted by Gasteiger charge is -2.22. The predicted molar refractivity (Wildman–Crippen MR) is 187 cm³/mol. The van der Waals surface area contributed by atoms with Gasteiger partial charge in [-0.1, -0.05) is 93.6 Å². The van der Waals surface area contributed by atoms with Crippen LogP contribution < -0.4 is 0 Å². The van der Waals surface area contributed by atoms with Gasteiger partial charge in [0.15, 0.2) is 0 Å². The van der Waals surface area contributed by atoms with Crippen LogP contribution in [0.5, 0.6) is 0 Å². The van der Waals surface area contributed by atoms with Gasteiger partial charge in [-0.3, -0.25) is 15.0 Å². The molecule has 216 valence electrons. The summed E-state index contributed by atoms with van der Waals surface area (Å²) >= 11 is 0. The number of pyridine rings is 3. The highest BCUT2D eigenvalue weighted by molar-refractivity contribution is 6.07. The summed E-state index contributed by atoms with van der Waals surface area (Å²) in [7, 11) is 0. The number of aromatic nitrogens is 4. The van der Waals surface area contributed by atoms with E-state index in [9.17, 15) is 0 Å². The Morgan fingerprint density at radius 3 is 1.91 bits per heavy atom. The summed E-state index contributed by atoms with van der Waals surface area (Å²) in [5.41, 5.74) is 11.8. The Kier molecular flexibility index (Phi) is 6.31. The molecule has 0 unspecified atom stereocenters. The molecule has 0 spiro atoms. The van der Waals surface area contributed by atoms with E-state index in [1.165, 1.54) is 16.3 Å². The van der Waals surface area contributed by atoms with E-state index in [2.05, 4.69) is 141 Å². The molecule has 4 aromatic carbocycles. The van der Waals surface area contributed by atoms with Gasteiger partial charge in [-0.15, -0.1) is 0 Å². The molecule has 8 rings (SSSR count). The molecular weight excluding hydrogens is 548 g/mol. The lowest BCUT2D eigenvalue weighted by atomic mass is 9.85. The van der Waals surface area contributed by atoms with E-state index in [1.54, 1.807) is 0 Å². The zero-order valence-corrected chi connectivity index (χ0v) is 25.6. The van der Waals surface area contributed by atoms with Gasteiger partial charge in [0.2, 0.25) is 0 Å². The fourth-order valence-corrected chi connectivity index (χ4v) is 6.20. The second-order valence-corrected chi connectivity index (χ2v) is 12.7. The summed E-state index contributed by atoms with van der Waals surface area (Å²) in [6.45, 7) is 6.79. The van der Waals surface area contributed by atoms with Crippen LogP contribution in [0.25, 0.3) is 72.0 Å². The molecular formula is C41H32N4. The third kappa shape index (κ3) is 4.85. The third-order valence-corrected chi connectivity index (χ3v) is 8.67. The van der Waals surface area contributed by atoms with Crippen molar-refractivity contribution in [3.05, 3.63) is 145 Å². The van der Waals surface area contributed by atoms with E-state index in [-0.39, 0.29) is 5.41 Å². The number of fused-ring (bicyclic) bond motifs is 4. The minimum absolute atomic E-state index is 0.0359. The number of nitrogens with zero attached hydrogens (tertiary/aromatic N) is 4. The summed E-state index contributed by atoms with van der Waals surface area (Å²) in [4.78, 5) is 14.4. The second kappa shape index (κ2) is 10.5. The summed E-state index contributed by atoms with van der Waals surface area (Å²) in [6, 6.07) is 42.9. The van der Waals surface area contributed by atoms with Gasteiger partial charge in [-0.25, -0.2) is 0 Å². The summed E-state index contributed by atoms with van der Waals surface area (Å²) < 4.78 is 2.33. The lowest BCUT2D eigenvalue weighted by molar-refractivity contribution is 0.590. The molecule has 8 aromatic rings. The lowest BCUT2D eigenvalue weighted by Crippen LogP contribution is -2.12. The normalized spacial score (nSPS) is 11.9. The fraction of sp³-hybridized carbons (Fsp3) is 0.0976. The van der Waals surface area contributed by atoms with Crippen molar-refractivity contribution in [1.29, 1.82) is 0 Å². The maximum atomic E-state index is 4.87. The van der Waals surface area contributed by atoms with Crippen molar-refractivity contribution < 1.29 is 0 Å². The molecule has 0 saturated heterocycles. The molecule has 0 radical (unpaired) electrons. The average molecular weight is 581 g/mol. The van der Waals surface area contributed by atoms with Gasteiger partial charge in [0, 0.05) is 40.8 Å². The highest BCUT2D eigenvalue weighted by atomic mass is 15.0. The van der Waals surface area contributed by atoms with Gasteiger partial charge < -0.3 is 4.57 Å². The summed E-state index contributed by atoms with van der Waals surface area (Å²) in [5, 5.41) is 3.62. The molecule has 0 bridgehead atoms. The molecule has 0 atom stereocenters. The smallest absolute Gasteiger partial charge is 0.0963 e. The Morgan fingerprint density at radius 2 is 1.18 bits per heavy atom. The first-order valence-electron chi connectivity index (χ1n) is 15.3. The Balaban J connectivity index is 1.16. The van der Waals surface area contributed by atoms with E-state index in [0.29, 0.717) is 0 Å². The van der Waals surface area contributed by atoms with E-state index in [0.717, 1.165) is 61.3 Å². The number of rotatable bonds is 4. The molecule has 0 aliphatic rings. The molecule has 4 aromatic heterocycles. The second-order valence-electron chi connectivity index (χ2n) is 12.7. The fourth-order valence-electron chi connectivity index (χ4n) is 6.20. The van der Waals surface area contributed by atoms with E-state index in [4.69, 9.17) is 15.0 Å². The van der Waals surface area contributed by atoms with Crippen LogP contribution in [0.3, 0.4) is 0 Å². The SMILES string of the molecule is CC(C)(C)c1cc(-c2ccc(-c3ccc(-c4ccc5ccccc5c4)cn3)nc2)cc(-n2c3ccccc3c3ncccc32)c1. The van der Waals surface area contributed by atoms with Gasteiger partial charge in [-0.2, -0.15) is 0 Å². The van der Waals surface area contributed by atoms with E-state index in [1.807, 2.05) is 24.7 Å². The maximum Gasteiger partial charge on any atom is 0.0963 e. The topological polar surface area (TPSA) is 43.6 Å². The number of para-hydroxylation sites is 1. The summed E-state index contributed by atoms with van der Waals surface area (Å²) in [6.07, 6.45) is 5.77. The average Bonchev–Trinajstić information content (AvgIpc) is 3.42. The Bertz CT molecular complexity index is 2290. The van der Waals surface area contributed by atoms with Crippen molar-refractivity contribution >= 4 is 32.7 Å². The van der Waals surface area contributed by atoms with Crippen LogP contribution in [0.4, 0.5) is 0 Å². The van der Waals surface area contributed by atoms with E-state index >= 15 is 0 Å². The van der Waals surface area contributed by atoms with Crippen molar-refractivity contribution in [3.8, 4) is 39.3 Å². The molecule has 0 fully saturated rings. The molecule has 4 heteroatoms. The molecule has 45 heavy (non-hydrogen) atoms. The van der Waals surface area contributed by atoms with Gasteiger partial charge >= 0.3 is 0 Å². The number of hydrogen-bond donors (Lipinski definition) is 0. The van der Waals surface area contributed by atoms with Crippen LogP contribution in [0.2, 0.25) is 0 Å². The highest BCUT2D eigenvalue weighted by Crippen LogP contribution is 2.36. The van der Waals surface area contributed by atoms with Crippen LogP contribution in [-0.4, -0.2) is 19.5 Å². The van der Waals surface area contributed by atoms with Crippen molar-refractivity contribution in [2.45, 2.75) is 26.2 Å². The van der Waals surface area contributed by atoms with Crippen molar-refractivity contribution in [2.24, 2.45) is 0 Å². The minimum atomic E-state index is -0.0359. The zero-order chi connectivity index (χ0) is 30.5. The minimum Gasteiger partial charge on any atom is -0.308 e. The zero-order valence-electron chi connectivity index (χ0n) is 25.6. The third-order valence-electron chi connectivity index (χ3n) is 8.67. The maximum absolute atomic E-state index is 4.87. The monoisotopic (exact) mass is 580 g/mol. The van der Waals surface area contributed by atoms with Crippen molar-refractivity contribution in [2.75, 3.05) is 0 Å². The Hall–Kier alpha value is -5.61. The quantitative estimate of drug-likeness (QED) is 0.208. The molecule has 0 aliphatic heterocycles. The first kappa shape index (κ1) is 27.0. The van der Waals surface area contributed by atoms with Crippen LogP contribution in [0, 0.1) is 0 Å². The Labute approximate surface area is 262 Å². The van der Waals surface area contributed by atoms with Crippen LogP contribution in [0.15, 0.2) is 140 Å².